The number of aromatic nitrogens is 1. The van der Waals surface area contributed by atoms with Crippen molar-refractivity contribution < 1.29 is 14.6 Å². The van der Waals surface area contributed by atoms with Gasteiger partial charge in [-0.1, -0.05) is 6.42 Å². The Bertz CT molecular complexity index is 399. The molecule has 1 fully saturated rings. The van der Waals surface area contributed by atoms with Gasteiger partial charge in [0.2, 0.25) is 0 Å². The van der Waals surface area contributed by atoms with Crippen molar-refractivity contribution in [3.63, 3.8) is 0 Å². The third-order valence-corrected chi connectivity index (χ3v) is 3.36. The predicted octanol–water partition coefficient (Wildman–Crippen LogP) is 1.99. The summed E-state index contributed by atoms with van der Waals surface area (Å²) in [4.78, 5) is 15.0. The molecule has 4 nitrogen and oxygen atoms in total. The molecule has 86 valence electrons. The first kappa shape index (κ1) is 10.9. The lowest BCUT2D eigenvalue weighted by molar-refractivity contribution is -0.139. The zero-order chi connectivity index (χ0) is 11.6. The van der Waals surface area contributed by atoms with Crippen LogP contribution in [-0.2, 0) is 10.2 Å². The molecule has 0 aromatic carbocycles. The number of carboxylic acids is 1. The van der Waals surface area contributed by atoms with Crippen molar-refractivity contribution in [1.29, 1.82) is 0 Å². The fourth-order valence-electron chi connectivity index (χ4n) is 2.28. The number of ether oxygens (including phenoxy) is 1. The molecule has 0 unspecified atom stereocenters. The Balaban J connectivity index is 2.29. The predicted molar refractivity (Wildman–Crippen MR) is 58.6 cm³/mol. The quantitative estimate of drug-likeness (QED) is 0.844. The summed E-state index contributed by atoms with van der Waals surface area (Å²) in [5, 5.41) is 8.95. The summed E-state index contributed by atoms with van der Waals surface area (Å²) in [6, 6.07) is 1.90. The van der Waals surface area contributed by atoms with E-state index in [-0.39, 0.29) is 11.8 Å². The number of nitrogens with zero attached hydrogens (tertiary/aromatic N) is 1. The van der Waals surface area contributed by atoms with Crippen molar-refractivity contribution in [2.24, 2.45) is 0 Å². The van der Waals surface area contributed by atoms with Crippen LogP contribution in [0.1, 0.15) is 31.2 Å². The van der Waals surface area contributed by atoms with Gasteiger partial charge in [0, 0.05) is 11.6 Å². The zero-order valence-corrected chi connectivity index (χ0v) is 9.27. The molecular formula is C12H15NO3. The summed E-state index contributed by atoms with van der Waals surface area (Å²) in [5.74, 6) is -0.0586. The Morgan fingerprint density at radius 3 is 2.81 bits per heavy atom. The Morgan fingerprint density at radius 1 is 1.56 bits per heavy atom. The molecule has 0 spiro atoms. The van der Waals surface area contributed by atoms with E-state index < -0.39 is 5.97 Å². The Morgan fingerprint density at radius 2 is 2.31 bits per heavy atom. The van der Waals surface area contributed by atoms with Crippen molar-refractivity contribution in [2.45, 2.75) is 31.1 Å². The fraction of sp³-hybridized carbons (Fsp3) is 0.500. The highest BCUT2D eigenvalue weighted by Gasteiger charge is 2.41. The summed E-state index contributed by atoms with van der Waals surface area (Å²) in [7, 11) is 1.59. The highest BCUT2D eigenvalue weighted by molar-refractivity contribution is 5.69. The second kappa shape index (κ2) is 4.12. The van der Waals surface area contributed by atoms with Gasteiger partial charge >= 0.3 is 5.97 Å². The molecule has 1 aromatic rings. The molecule has 4 heteroatoms. The highest BCUT2D eigenvalue weighted by Crippen LogP contribution is 2.46. The Hall–Kier alpha value is -1.58. The van der Waals surface area contributed by atoms with Gasteiger partial charge in [0.15, 0.2) is 0 Å². The molecule has 0 amide bonds. The summed E-state index contributed by atoms with van der Waals surface area (Å²) in [6.45, 7) is 0. The van der Waals surface area contributed by atoms with Gasteiger partial charge in [0.25, 0.3) is 0 Å². The smallest absolute Gasteiger partial charge is 0.304 e. The first-order valence-corrected chi connectivity index (χ1v) is 5.38. The van der Waals surface area contributed by atoms with Crippen LogP contribution in [0.4, 0.5) is 0 Å². The van der Waals surface area contributed by atoms with Crippen molar-refractivity contribution in [3.05, 3.63) is 24.0 Å². The fourth-order valence-corrected chi connectivity index (χ4v) is 2.28. The van der Waals surface area contributed by atoms with E-state index in [0.717, 1.165) is 24.8 Å². The van der Waals surface area contributed by atoms with Crippen LogP contribution < -0.4 is 4.74 Å². The number of rotatable bonds is 4. The standard InChI is InChI=1S/C12H15NO3/c1-16-10-5-9(7-13-8-10)12(3-2-4-12)6-11(14)15/h5,7-8H,2-4,6H2,1H3,(H,14,15). The Kier molecular flexibility index (Phi) is 2.81. The minimum absolute atomic E-state index is 0.182. The second-order valence-corrected chi connectivity index (χ2v) is 4.32. The van der Waals surface area contributed by atoms with Crippen molar-refractivity contribution in [3.8, 4) is 5.75 Å². The van der Waals surface area contributed by atoms with Gasteiger partial charge in [-0.05, 0) is 24.5 Å². The van der Waals surface area contributed by atoms with E-state index in [2.05, 4.69) is 4.98 Å². The van der Waals surface area contributed by atoms with Crippen molar-refractivity contribution >= 4 is 5.97 Å². The van der Waals surface area contributed by atoms with Gasteiger partial charge in [0.05, 0.1) is 19.7 Å². The summed E-state index contributed by atoms with van der Waals surface area (Å²) >= 11 is 0. The second-order valence-electron chi connectivity index (χ2n) is 4.32. The summed E-state index contributed by atoms with van der Waals surface area (Å²) < 4.78 is 5.11. The summed E-state index contributed by atoms with van der Waals surface area (Å²) in [6.07, 6.45) is 6.51. The van der Waals surface area contributed by atoms with E-state index in [1.54, 1.807) is 19.5 Å². The van der Waals surface area contributed by atoms with Crippen LogP contribution in [0.5, 0.6) is 5.75 Å². The lowest BCUT2D eigenvalue weighted by Crippen LogP contribution is -2.36. The van der Waals surface area contributed by atoms with Gasteiger partial charge in [-0.25, -0.2) is 0 Å². The molecule has 1 heterocycles. The van der Waals surface area contributed by atoms with Crippen LogP contribution in [0.25, 0.3) is 0 Å². The molecule has 1 aliphatic rings. The van der Waals surface area contributed by atoms with Crippen molar-refractivity contribution in [1.82, 2.24) is 4.98 Å². The van der Waals surface area contributed by atoms with Gasteiger partial charge in [0.1, 0.15) is 5.75 Å². The van der Waals surface area contributed by atoms with E-state index in [0.29, 0.717) is 5.75 Å². The molecule has 0 saturated heterocycles. The topological polar surface area (TPSA) is 59.4 Å². The van der Waals surface area contributed by atoms with Gasteiger partial charge in [-0.15, -0.1) is 0 Å². The molecule has 1 N–H and O–H groups in total. The normalized spacial score (nSPS) is 17.6. The molecule has 0 bridgehead atoms. The van der Waals surface area contributed by atoms with Crippen LogP contribution in [0.15, 0.2) is 18.5 Å². The van der Waals surface area contributed by atoms with E-state index in [1.165, 1.54) is 0 Å². The SMILES string of the molecule is COc1cncc(C2(CC(=O)O)CCC2)c1. The number of hydrogen-bond acceptors (Lipinski definition) is 3. The van der Waals surface area contributed by atoms with E-state index in [1.807, 2.05) is 6.07 Å². The van der Waals surface area contributed by atoms with E-state index in [4.69, 9.17) is 9.84 Å². The van der Waals surface area contributed by atoms with E-state index >= 15 is 0 Å². The first-order valence-electron chi connectivity index (χ1n) is 5.38. The molecule has 0 atom stereocenters. The number of carbonyl (C=O) groups is 1. The van der Waals surface area contributed by atoms with Crippen LogP contribution in [0.2, 0.25) is 0 Å². The van der Waals surface area contributed by atoms with Crippen LogP contribution in [-0.4, -0.2) is 23.2 Å². The largest absolute Gasteiger partial charge is 0.495 e. The molecule has 1 saturated carbocycles. The number of hydrogen-bond donors (Lipinski definition) is 1. The van der Waals surface area contributed by atoms with Crippen LogP contribution >= 0.6 is 0 Å². The Labute approximate surface area is 94.3 Å². The van der Waals surface area contributed by atoms with Crippen LogP contribution in [0.3, 0.4) is 0 Å². The minimum atomic E-state index is -0.748. The lowest BCUT2D eigenvalue weighted by atomic mass is 9.63. The summed E-state index contributed by atoms with van der Waals surface area (Å²) in [5.41, 5.74) is 0.772. The molecule has 16 heavy (non-hydrogen) atoms. The maximum Gasteiger partial charge on any atom is 0.304 e. The number of carboxylic acid groups (broad SMARTS) is 1. The average molecular weight is 221 g/mol. The molecule has 1 aliphatic carbocycles. The third kappa shape index (κ3) is 1.87. The lowest BCUT2D eigenvalue weighted by Gasteiger charge is -2.41. The minimum Gasteiger partial charge on any atom is -0.495 e. The zero-order valence-electron chi connectivity index (χ0n) is 9.27. The van der Waals surface area contributed by atoms with Crippen molar-refractivity contribution in [2.75, 3.05) is 7.11 Å². The number of pyridine rings is 1. The first-order chi connectivity index (χ1) is 7.66. The average Bonchev–Trinajstić information content (AvgIpc) is 2.23. The molecular weight excluding hydrogens is 206 g/mol. The maximum absolute atomic E-state index is 10.9. The molecule has 2 rings (SSSR count). The van der Waals surface area contributed by atoms with Gasteiger partial charge < -0.3 is 9.84 Å². The van der Waals surface area contributed by atoms with Gasteiger partial charge in [-0.2, -0.15) is 0 Å². The van der Waals surface area contributed by atoms with Crippen LogP contribution in [0, 0.1) is 0 Å². The maximum atomic E-state index is 10.9. The molecule has 0 aliphatic heterocycles. The number of methoxy groups -OCH3 is 1. The third-order valence-electron chi connectivity index (χ3n) is 3.36. The monoisotopic (exact) mass is 221 g/mol. The highest BCUT2D eigenvalue weighted by atomic mass is 16.5. The molecule has 0 radical (unpaired) electrons. The number of aliphatic carboxylic acids is 1. The van der Waals surface area contributed by atoms with E-state index in [9.17, 15) is 4.79 Å². The molecule has 1 aromatic heterocycles. The van der Waals surface area contributed by atoms with Gasteiger partial charge in [-0.3, -0.25) is 9.78 Å².